The molecular formula is C17H26N4O2. The van der Waals surface area contributed by atoms with Gasteiger partial charge in [0.1, 0.15) is 0 Å². The maximum atomic E-state index is 12.3. The first kappa shape index (κ1) is 16.2. The second kappa shape index (κ2) is 6.84. The van der Waals surface area contributed by atoms with Crippen molar-refractivity contribution in [2.45, 2.75) is 38.3 Å². The van der Waals surface area contributed by atoms with Crippen molar-refractivity contribution in [2.75, 3.05) is 26.7 Å². The molecule has 1 aromatic rings. The standard InChI is InChI=1S/C17H26N4O2/c1-12(13-5-4-6-13)17(22)19-10-15-16(20(2)7-8-23-15)14-9-18-11-21(14)3/h9,11,15-16H,4-8,10H2,1-3H3,(H,19,22)/t15-,16-/m0/s1. The lowest BCUT2D eigenvalue weighted by molar-refractivity contribution is -0.119. The number of likely N-dealkylation sites (N-methyl/N-ethyl adjacent to an activating group) is 1. The van der Waals surface area contributed by atoms with Crippen molar-refractivity contribution >= 4 is 5.91 Å². The van der Waals surface area contributed by atoms with Crippen molar-refractivity contribution in [3.63, 3.8) is 0 Å². The highest BCUT2D eigenvalue weighted by molar-refractivity contribution is 5.93. The molecule has 0 spiro atoms. The number of hydrogen-bond donors (Lipinski definition) is 1. The molecule has 1 aromatic heterocycles. The van der Waals surface area contributed by atoms with E-state index in [0.717, 1.165) is 30.7 Å². The minimum atomic E-state index is -0.0627. The van der Waals surface area contributed by atoms with Crippen LogP contribution in [0, 0.1) is 0 Å². The SMILES string of the molecule is CC(C(=O)NC[C@@H]1OCCN(C)[C@H]1c1cncn1C)=C1CCC1. The van der Waals surface area contributed by atoms with Gasteiger partial charge in [0.05, 0.1) is 30.8 Å². The smallest absolute Gasteiger partial charge is 0.246 e. The molecule has 1 amide bonds. The lowest BCUT2D eigenvalue weighted by Gasteiger charge is -2.39. The predicted molar refractivity (Wildman–Crippen MR) is 87.9 cm³/mol. The number of hydrogen-bond acceptors (Lipinski definition) is 4. The van der Waals surface area contributed by atoms with Gasteiger partial charge in [-0.15, -0.1) is 0 Å². The Labute approximate surface area is 137 Å². The second-order valence-corrected chi connectivity index (χ2v) is 6.56. The van der Waals surface area contributed by atoms with Crippen molar-refractivity contribution in [2.24, 2.45) is 7.05 Å². The summed E-state index contributed by atoms with van der Waals surface area (Å²) in [5.74, 6) is 0.0419. The summed E-state index contributed by atoms with van der Waals surface area (Å²) in [4.78, 5) is 18.8. The van der Waals surface area contributed by atoms with E-state index >= 15 is 0 Å². The summed E-state index contributed by atoms with van der Waals surface area (Å²) < 4.78 is 7.98. The Morgan fingerprint density at radius 1 is 1.43 bits per heavy atom. The number of rotatable bonds is 4. The van der Waals surface area contributed by atoms with Gasteiger partial charge < -0.3 is 14.6 Å². The normalized spacial score (nSPS) is 25.1. The van der Waals surface area contributed by atoms with Crippen molar-refractivity contribution in [1.29, 1.82) is 0 Å². The van der Waals surface area contributed by atoms with Crippen LogP contribution >= 0.6 is 0 Å². The van der Waals surface area contributed by atoms with E-state index in [4.69, 9.17) is 4.74 Å². The van der Waals surface area contributed by atoms with E-state index in [9.17, 15) is 4.79 Å². The Bertz CT molecular complexity index is 601. The number of carbonyl (C=O) groups is 1. The summed E-state index contributed by atoms with van der Waals surface area (Å²) in [6, 6.07) is 0.105. The van der Waals surface area contributed by atoms with Crippen LogP contribution < -0.4 is 5.32 Å². The number of nitrogens with zero attached hydrogens (tertiary/aromatic N) is 3. The Kier molecular flexibility index (Phi) is 4.82. The second-order valence-electron chi connectivity index (χ2n) is 6.56. The lowest BCUT2D eigenvalue weighted by atomic mass is 9.88. The molecule has 2 atom stereocenters. The maximum Gasteiger partial charge on any atom is 0.246 e. The Hall–Kier alpha value is -1.66. The summed E-state index contributed by atoms with van der Waals surface area (Å²) in [5.41, 5.74) is 3.30. The fourth-order valence-corrected chi connectivity index (χ4v) is 3.32. The molecule has 2 heterocycles. The van der Waals surface area contributed by atoms with Crippen molar-refractivity contribution < 1.29 is 9.53 Å². The van der Waals surface area contributed by atoms with Crippen LogP contribution in [-0.4, -0.2) is 53.2 Å². The molecule has 3 rings (SSSR count). The summed E-state index contributed by atoms with van der Waals surface area (Å²) in [6.07, 6.45) is 6.97. The highest BCUT2D eigenvalue weighted by atomic mass is 16.5. The molecule has 0 radical (unpaired) electrons. The van der Waals surface area contributed by atoms with E-state index in [0.29, 0.717) is 13.2 Å². The number of morpholine rings is 1. The van der Waals surface area contributed by atoms with Crippen LogP contribution in [0.4, 0.5) is 0 Å². The first-order chi connectivity index (χ1) is 11.1. The fraction of sp³-hybridized carbons (Fsp3) is 0.647. The molecule has 0 unspecified atom stereocenters. The average molecular weight is 318 g/mol. The first-order valence-electron chi connectivity index (χ1n) is 8.33. The molecule has 6 nitrogen and oxygen atoms in total. The van der Waals surface area contributed by atoms with Crippen LogP contribution in [0.1, 0.15) is 37.9 Å². The fourth-order valence-electron chi connectivity index (χ4n) is 3.32. The van der Waals surface area contributed by atoms with Gasteiger partial charge in [-0.2, -0.15) is 0 Å². The van der Waals surface area contributed by atoms with Gasteiger partial charge in [-0.25, -0.2) is 4.98 Å². The summed E-state index contributed by atoms with van der Waals surface area (Å²) >= 11 is 0. The number of allylic oxidation sites excluding steroid dienone is 1. The maximum absolute atomic E-state index is 12.3. The Balaban J connectivity index is 1.67. The molecule has 6 heteroatoms. The van der Waals surface area contributed by atoms with Crippen molar-refractivity contribution in [1.82, 2.24) is 19.8 Å². The van der Waals surface area contributed by atoms with Crippen molar-refractivity contribution in [3.05, 3.63) is 29.4 Å². The van der Waals surface area contributed by atoms with E-state index in [2.05, 4.69) is 22.2 Å². The topological polar surface area (TPSA) is 59.4 Å². The molecule has 1 aliphatic heterocycles. The van der Waals surface area contributed by atoms with Gasteiger partial charge in [-0.3, -0.25) is 9.69 Å². The third-order valence-corrected chi connectivity index (χ3v) is 5.05. The molecular weight excluding hydrogens is 292 g/mol. The van der Waals surface area contributed by atoms with Gasteiger partial charge in [0.25, 0.3) is 0 Å². The quantitative estimate of drug-likeness (QED) is 0.853. The van der Waals surface area contributed by atoms with Crippen LogP contribution in [0.2, 0.25) is 0 Å². The number of amides is 1. The van der Waals surface area contributed by atoms with Crippen LogP contribution in [0.15, 0.2) is 23.7 Å². The number of aromatic nitrogens is 2. The van der Waals surface area contributed by atoms with E-state index in [1.165, 1.54) is 12.0 Å². The number of nitrogens with one attached hydrogen (secondary N) is 1. The van der Waals surface area contributed by atoms with Gasteiger partial charge in [0.2, 0.25) is 5.91 Å². The summed E-state index contributed by atoms with van der Waals surface area (Å²) in [5, 5.41) is 3.06. The van der Waals surface area contributed by atoms with Crippen molar-refractivity contribution in [3.8, 4) is 0 Å². The van der Waals surface area contributed by atoms with Gasteiger partial charge in [-0.1, -0.05) is 5.57 Å². The molecule has 1 saturated carbocycles. The molecule has 23 heavy (non-hydrogen) atoms. The Morgan fingerprint density at radius 2 is 2.22 bits per heavy atom. The molecule has 2 aliphatic rings. The van der Waals surface area contributed by atoms with Crippen LogP contribution in [-0.2, 0) is 16.6 Å². The summed E-state index contributed by atoms with van der Waals surface area (Å²) in [7, 11) is 4.09. The highest BCUT2D eigenvalue weighted by Crippen LogP contribution is 2.29. The lowest BCUT2D eigenvalue weighted by Crippen LogP contribution is -2.49. The zero-order valence-corrected chi connectivity index (χ0v) is 14.2. The average Bonchev–Trinajstić information content (AvgIpc) is 2.88. The van der Waals surface area contributed by atoms with Crippen LogP contribution in [0.25, 0.3) is 0 Å². The van der Waals surface area contributed by atoms with Gasteiger partial charge in [0, 0.05) is 31.9 Å². The Morgan fingerprint density at radius 3 is 2.83 bits per heavy atom. The molecule has 1 aliphatic carbocycles. The monoisotopic (exact) mass is 318 g/mol. The van der Waals surface area contributed by atoms with Crippen LogP contribution in [0.3, 0.4) is 0 Å². The number of aryl methyl sites for hydroxylation is 1. The third kappa shape index (κ3) is 3.33. The number of ether oxygens (including phenoxy) is 1. The molecule has 1 saturated heterocycles. The van der Waals surface area contributed by atoms with E-state index < -0.39 is 0 Å². The predicted octanol–water partition coefficient (Wildman–Crippen LogP) is 1.41. The highest BCUT2D eigenvalue weighted by Gasteiger charge is 2.33. The van der Waals surface area contributed by atoms with E-state index in [1.807, 2.05) is 24.7 Å². The van der Waals surface area contributed by atoms with E-state index in [-0.39, 0.29) is 18.1 Å². The third-order valence-electron chi connectivity index (χ3n) is 5.05. The van der Waals surface area contributed by atoms with Gasteiger partial charge in [0.15, 0.2) is 0 Å². The summed E-state index contributed by atoms with van der Waals surface area (Å²) in [6.45, 7) is 4.01. The molecule has 126 valence electrons. The van der Waals surface area contributed by atoms with Gasteiger partial charge in [-0.05, 0) is 33.2 Å². The van der Waals surface area contributed by atoms with Gasteiger partial charge >= 0.3 is 0 Å². The minimum Gasteiger partial charge on any atom is -0.373 e. The minimum absolute atomic E-state index is 0.0419. The molecule has 0 bridgehead atoms. The first-order valence-corrected chi connectivity index (χ1v) is 8.33. The molecule has 0 aromatic carbocycles. The van der Waals surface area contributed by atoms with Crippen LogP contribution in [0.5, 0.6) is 0 Å². The molecule has 1 N–H and O–H groups in total. The molecule has 2 fully saturated rings. The zero-order chi connectivity index (χ0) is 16.4. The van der Waals surface area contributed by atoms with E-state index in [1.54, 1.807) is 6.33 Å². The number of carbonyl (C=O) groups excluding carboxylic acids is 1. The number of imidazole rings is 1. The largest absolute Gasteiger partial charge is 0.373 e. The zero-order valence-electron chi connectivity index (χ0n) is 14.2.